The average Bonchev–Trinajstić information content (AvgIpc) is 2.78. The molecule has 0 unspecified atom stereocenters. The molecule has 1 N–H and O–H groups in total. The molecule has 18 heavy (non-hydrogen) atoms. The third kappa shape index (κ3) is 3.18. The minimum absolute atomic E-state index is 0.652. The predicted molar refractivity (Wildman–Crippen MR) is 78.9 cm³/mol. The van der Waals surface area contributed by atoms with Crippen molar-refractivity contribution in [3.05, 3.63) is 32.6 Å². The topological polar surface area (TPSA) is 55.6 Å². The van der Waals surface area contributed by atoms with Crippen molar-refractivity contribution in [1.82, 2.24) is 25.5 Å². The van der Waals surface area contributed by atoms with Crippen molar-refractivity contribution in [3.63, 3.8) is 0 Å². The molecule has 0 saturated carbocycles. The smallest absolute Gasteiger partial charge is 0.170 e. The first-order valence-electron chi connectivity index (χ1n) is 5.65. The van der Waals surface area contributed by atoms with Gasteiger partial charge in [0, 0.05) is 8.59 Å². The average molecular weight is 378 g/mol. The second kappa shape index (κ2) is 6.44. The van der Waals surface area contributed by atoms with Gasteiger partial charge < -0.3 is 5.32 Å². The SMILES string of the molecule is CCCNCc1nnnn1-c1ccc(Cl)cc1I. The van der Waals surface area contributed by atoms with Crippen LogP contribution >= 0.6 is 34.2 Å². The molecule has 1 aromatic heterocycles. The van der Waals surface area contributed by atoms with Crippen LogP contribution in [0.5, 0.6) is 0 Å². The van der Waals surface area contributed by atoms with E-state index in [9.17, 15) is 0 Å². The fourth-order valence-electron chi connectivity index (χ4n) is 1.53. The zero-order chi connectivity index (χ0) is 13.0. The first-order valence-corrected chi connectivity index (χ1v) is 7.11. The Morgan fingerprint density at radius 2 is 2.28 bits per heavy atom. The molecular formula is C11H13ClIN5. The van der Waals surface area contributed by atoms with Gasteiger partial charge in [-0.25, -0.2) is 0 Å². The van der Waals surface area contributed by atoms with E-state index < -0.39 is 0 Å². The molecule has 1 heterocycles. The number of aromatic nitrogens is 4. The van der Waals surface area contributed by atoms with E-state index in [1.807, 2.05) is 18.2 Å². The van der Waals surface area contributed by atoms with Crippen LogP contribution in [0.25, 0.3) is 5.69 Å². The van der Waals surface area contributed by atoms with Gasteiger partial charge in [-0.2, -0.15) is 4.68 Å². The molecule has 0 fully saturated rings. The van der Waals surface area contributed by atoms with Gasteiger partial charge in [0.05, 0.1) is 12.2 Å². The number of benzene rings is 1. The summed E-state index contributed by atoms with van der Waals surface area (Å²) < 4.78 is 2.75. The molecule has 96 valence electrons. The first kappa shape index (κ1) is 13.7. The number of rotatable bonds is 5. The third-order valence-corrected chi connectivity index (χ3v) is 3.48. The maximum absolute atomic E-state index is 5.94. The molecule has 0 radical (unpaired) electrons. The van der Waals surface area contributed by atoms with Gasteiger partial charge in [-0.05, 0) is 64.2 Å². The maximum atomic E-state index is 5.94. The second-order valence-electron chi connectivity index (χ2n) is 3.78. The number of nitrogens with zero attached hydrogens (tertiary/aromatic N) is 4. The Hall–Kier alpha value is -0.730. The van der Waals surface area contributed by atoms with Crippen molar-refractivity contribution < 1.29 is 0 Å². The highest BCUT2D eigenvalue weighted by molar-refractivity contribution is 14.1. The molecule has 0 aliphatic rings. The molecule has 2 aromatic rings. The Balaban J connectivity index is 2.25. The summed E-state index contributed by atoms with van der Waals surface area (Å²) >= 11 is 8.17. The van der Waals surface area contributed by atoms with E-state index >= 15 is 0 Å². The van der Waals surface area contributed by atoms with E-state index in [1.165, 1.54) is 0 Å². The van der Waals surface area contributed by atoms with Gasteiger partial charge in [-0.1, -0.05) is 18.5 Å². The minimum Gasteiger partial charge on any atom is -0.310 e. The normalized spacial score (nSPS) is 10.8. The molecule has 0 saturated heterocycles. The quantitative estimate of drug-likeness (QED) is 0.642. The van der Waals surface area contributed by atoms with Gasteiger partial charge in [0.2, 0.25) is 0 Å². The molecule has 2 rings (SSSR count). The first-order chi connectivity index (χ1) is 8.72. The highest BCUT2D eigenvalue weighted by Gasteiger charge is 2.10. The van der Waals surface area contributed by atoms with E-state index in [2.05, 4.69) is 50.4 Å². The Morgan fingerprint density at radius 1 is 1.44 bits per heavy atom. The van der Waals surface area contributed by atoms with Crippen molar-refractivity contribution in [2.75, 3.05) is 6.54 Å². The monoisotopic (exact) mass is 377 g/mol. The van der Waals surface area contributed by atoms with E-state index in [-0.39, 0.29) is 0 Å². The summed E-state index contributed by atoms with van der Waals surface area (Å²) in [4.78, 5) is 0. The Morgan fingerprint density at radius 3 is 3.00 bits per heavy atom. The number of hydrogen-bond donors (Lipinski definition) is 1. The molecule has 0 spiro atoms. The lowest BCUT2D eigenvalue weighted by Crippen LogP contribution is -2.18. The number of hydrogen-bond acceptors (Lipinski definition) is 4. The van der Waals surface area contributed by atoms with Gasteiger partial charge in [0.1, 0.15) is 0 Å². The predicted octanol–water partition coefficient (Wildman–Crippen LogP) is 2.42. The Kier molecular flexibility index (Phi) is 4.90. The van der Waals surface area contributed by atoms with E-state index in [0.29, 0.717) is 11.6 Å². The van der Waals surface area contributed by atoms with Crippen molar-refractivity contribution in [2.45, 2.75) is 19.9 Å². The van der Waals surface area contributed by atoms with Crippen LogP contribution in [0.1, 0.15) is 19.2 Å². The lowest BCUT2D eigenvalue weighted by Gasteiger charge is -2.07. The van der Waals surface area contributed by atoms with Gasteiger partial charge in [-0.3, -0.25) is 0 Å². The molecular weight excluding hydrogens is 365 g/mol. The zero-order valence-corrected chi connectivity index (χ0v) is 12.8. The summed E-state index contributed by atoms with van der Waals surface area (Å²) in [6, 6.07) is 5.65. The lowest BCUT2D eigenvalue weighted by molar-refractivity contribution is 0.632. The molecule has 5 nitrogen and oxygen atoms in total. The van der Waals surface area contributed by atoms with Gasteiger partial charge >= 0.3 is 0 Å². The van der Waals surface area contributed by atoms with Crippen LogP contribution < -0.4 is 5.32 Å². The Labute approximate surface area is 124 Å². The molecule has 1 aromatic carbocycles. The van der Waals surface area contributed by atoms with Crippen molar-refractivity contribution in [3.8, 4) is 5.69 Å². The molecule has 7 heteroatoms. The minimum atomic E-state index is 0.652. The van der Waals surface area contributed by atoms with E-state index in [0.717, 1.165) is 28.0 Å². The fraction of sp³-hybridized carbons (Fsp3) is 0.364. The standard InChI is InChI=1S/C11H13ClIN5/c1-2-5-14-7-11-15-16-17-18(11)10-4-3-8(12)6-9(10)13/h3-4,6,14H,2,5,7H2,1H3. The van der Waals surface area contributed by atoms with Gasteiger partial charge in [0.25, 0.3) is 0 Å². The van der Waals surface area contributed by atoms with Crippen LogP contribution in [0.2, 0.25) is 5.02 Å². The second-order valence-corrected chi connectivity index (χ2v) is 5.38. The van der Waals surface area contributed by atoms with Crippen molar-refractivity contribution in [2.24, 2.45) is 0 Å². The van der Waals surface area contributed by atoms with E-state index in [1.54, 1.807) is 4.68 Å². The summed E-state index contributed by atoms with van der Waals surface area (Å²) in [5.74, 6) is 0.795. The summed E-state index contributed by atoms with van der Waals surface area (Å²) in [5, 5.41) is 15.8. The molecule has 0 atom stereocenters. The number of nitrogens with one attached hydrogen (secondary N) is 1. The zero-order valence-electron chi connectivity index (χ0n) is 9.90. The summed E-state index contributed by atoms with van der Waals surface area (Å²) in [6.07, 6.45) is 1.08. The summed E-state index contributed by atoms with van der Waals surface area (Å²) in [5.41, 5.74) is 0.943. The number of halogens is 2. The summed E-state index contributed by atoms with van der Waals surface area (Å²) in [7, 11) is 0. The van der Waals surface area contributed by atoms with E-state index in [4.69, 9.17) is 11.6 Å². The van der Waals surface area contributed by atoms with Crippen molar-refractivity contribution >= 4 is 34.2 Å². The molecule has 0 aliphatic carbocycles. The van der Waals surface area contributed by atoms with Gasteiger partial charge in [-0.15, -0.1) is 5.10 Å². The van der Waals surface area contributed by atoms with Crippen LogP contribution in [-0.2, 0) is 6.54 Å². The lowest BCUT2D eigenvalue weighted by atomic mass is 10.3. The summed E-state index contributed by atoms with van der Waals surface area (Å²) in [6.45, 7) is 3.72. The van der Waals surface area contributed by atoms with Crippen LogP contribution in [0.3, 0.4) is 0 Å². The fourth-order valence-corrected chi connectivity index (χ4v) is 2.63. The molecule has 0 amide bonds. The molecule has 0 bridgehead atoms. The van der Waals surface area contributed by atoms with Gasteiger partial charge in [0.15, 0.2) is 5.82 Å². The van der Waals surface area contributed by atoms with Crippen LogP contribution in [0.15, 0.2) is 18.2 Å². The maximum Gasteiger partial charge on any atom is 0.170 e. The number of tetrazole rings is 1. The van der Waals surface area contributed by atoms with Crippen LogP contribution in [0, 0.1) is 3.57 Å². The highest BCUT2D eigenvalue weighted by atomic mass is 127. The third-order valence-electron chi connectivity index (χ3n) is 2.38. The molecule has 0 aliphatic heterocycles. The van der Waals surface area contributed by atoms with Crippen molar-refractivity contribution in [1.29, 1.82) is 0 Å². The van der Waals surface area contributed by atoms with Crippen LogP contribution in [0.4, 0.5) is 0 Å². The van der Waals surface area contributed by atoms with Crippen LogP contribution in [-0.4, -0.2) is 26.8 Å². The Bertz CT molecular complexity index is 528. The largest absolute Gasteiger partial charge is 0.310 e. The highest BCUT2D eigenvalue weighted by Crippen LogP contribution is 2.21.